The first-order valence-corrected chi connectivity index (χ1v) is 8.57. The first kappa shape index (κ1) is 15.1. The summed E-state index contributed by atoms with van der Waals surface area (Å²) in [5.74, 6) is 0.981. The lowest BCUT2D eigenvalue weighted by atomic mass is 9.85. The van der Waals surface area contributed by atoms with Crippen LogP contribution in [0, 0.1) is 5.92 Å². The van der Waals surface area contributed by atoms with Crippen LogP contribution >= 0.6 is 11.8 Å². The lowest BCUT2D eigenvalue weighted by Crippen LogP contribution is -2.44. The first-order valence-electron chi connectivity index (χ1n) is 7.52. The minimum absolute atomic E-state index is 0.147. The normalized spacial score (nSPS) is 29.1. The second-order valence-electron chi connectivity index (χ2n) is 5.66. The predicted octanol–water partition coefficient (Wildman–Crippen LogP) is 1.14. The van der Waals surface area contributed by atoms with Crippen molar-refractivity contribution in [2.45, 2.75) is 49.8 Å². The number of amides is 1. The number of carbonyl (C=O) groups is 1. The number of nitrogens with one attached hydrogen (secondary N) is 2. The van der Waals surface area contributed by atoms with Crippen LogP contribution in [0.15, 0.2) is 0 Å². The molecule has 0 spiro atoms. The Bertz CT molecular complexity index is 283. The third-order valence-electron chi connectivity index (χ3n) is 4.23. The molecule has 0 aromatic heterocycles. The molecule has 3 N–H and O–H groups in total. The zero-order valence-corrected chi connectivity index (χ0v) is 12.4. The Hall–Kier alpha value is -0.260. The minimum Gasteiger partial charge on any atom is -0.396 e. The van der Waals surface area contributed by atoms with Gasteiger partial charge in [-0.15, -0.1) is 11.8 Å². The SMILES string of the molecule is O=C(CSC1CCNCC1)NC1CCCCC1CO. The molecule has 2 atom stereocenters. The fourth-order valence-corrected chi connectivity index (χ4v) is 4.06. The van der Waals surface area contributed by atoms with E-state index in [0.29, 0.717) is 11.0 Å². The maximum atomic E-state index is 12.0. The van der Waals surface area contributed by atoms with Crippen LogP contribution in [-0.2, 0) is 4.79 Å². The summed E-state index contributed by atoms with van der Waals surface area (Å²) in [5, 5.41) is 16.4. The van der Waals surface area contributed by atoms with Gasteiger partial charge in [-0.2, -0.15) is 0 Å². The number of hydrogen-bond donors (Lipinski definition) is 3. The van der Waals surface area contributed by atoms with E-state index in [4.69, 9.17) is 0 Å². The van der Waals surface area contributed by atoms with Gasteiger partial charge in [-0.3, -0.25) is 4.79 Å². The molecule has 5 heteroatoms. The van der Waals surface area contributed by atoms with E-state index in [-0.39, 0.29) is 24.5 Å². The van der Waals surface area contributed by atoms with Crippen LogP contribution in [0.5, 0.6) is 0 Å². The molecule has 1 heterocycles. The van der Waals surface area contributed by atoms with Gasteiger partial charge in [0.1, 0.15) is 0 Å². The van der Waals surface area contributed by atoms with Crippen molar-refractivity contribution in [3.8, 4) is 0 Å². The van der Waals surface area contributed by atoms with Crippen molar-refractivity contribution in [3.63, 3.8) is 0 Å². The maximum Gasteiger partial charge on any atom is 0.230 e. The van der Waals surface area contributed by atoms with Gasteiger partial charge in [-0.25, -0.2) is 0 Å². The second-order valence-corrected chi connectivity index (χ2v) is 6.95. The first-order chi connectivity index (χ1) is 9.29. The van der Waals surface area contributed by atoms with E-state index in [1.54, 1.807) is 11.8 Å². The van der Waals surface area contributed by atoms with Gasteiger partial charge in [-0.05, 0) is 38.8 Å². The molecule has 1 aliphatic heterocycles. The third kappa shape index (κ3) is 4.97. The van der Waals surface area contributed by atoms with E-state index in [1.165, 1.54) is 25.7 Å². The Balaban J connectivity index is 1.67. The van der Waals surface area contributed by atoms with Gasteiger partial charge in [0.15, 0.2) is 0 Å². The molecule has 1 amide bonds. The van der Waals surface area contributed by atoms with Crippen molar-refractivity contribution in [2.24, 2.45) is 5.92 Å². The lowest BCUT2D eigenvalue weighted by Gasteiger charge is -2.31. The summed E-state index contributed by atoms with van der Waals surface area (Å²) in [4.78, 5) is 12.0. The standard InChI is InChI=1S/C14H26N2O2S/c17-9-11-3-1-2-4-13(11)16-14(18)10-19-12-5-7-15-8-6-12/h11-13,15,17H,1-10H2,(H,16,18). The summed E-state index contributed by atoms with van der Waals surface area (Å²) in [5.41, 5.74) is 0. The van der Waals surface area contributed by atoms with Crippen molar-refractivity contribution >= 4 is 17.7 Å². The van der Waals surface area contributed by atoms with Crippen molar-refractivity contribution in [1.82, 2.24) is 10.6 Å². The molecule has 2 aliphatic rings. The van der Waals surface area contributed by atoms with E-state index in [1.807, 2.05) is 0 Å². The Morgan fingerprint density at radius 3 is 2.68 bits per heavy atom. The summed E-state index contributed by atoms with van der Waals surface area (Å²) in [6.07, 6.45) is 6.75. The lowest BCUT2D eigenvalue weighted by molar-refractivity contribution is -0.120. The Morgan fingerprint density at radius 1 is 1.21 bits per heavy atom. The third-order valence-corrected chi connectivity index (χ3v) is 5.60. The summed E-state index contributed by atoms with van der Waals surface area (Å²) >= 11 is 1.79. The highest BCUT2D eigenvalue weighted by Crippen LogP contribution is 2.24. The average Bonchev–Trinajstić information content (AvgIpc) is 2.47. The molecule has 0 aromatic rings. The van der Waals surface area contributed by atoms with Gasteiger partial charge < -0.3 is 15.7 Å². The molecule has 0 aromatic carbocycles. The fourth-order valence-electron chi connectivity index (χ4n) is 3.02. The number of hydrogen-bond acceptors (Lipinski definition) is 4. The largest absolute Gasteiger partial charge is 0.396 e. The highest BCUT2D eigenvalue weighted by Gasteiger charge is 2.26. The molecule has 110 valence electrons. The Morgan fingerprint density at radius 2 is 1.95 bits per heavy atom. The zero-order valence-electron chi connectivity index (χ0n) is 11.6. The van der Waals surface area contributed by atoms with Crippen LogP contribution in [0.4, 0.5) is 0 Å². The minimum atomic E-state index is 0.147. The number of piperidine rings is 1. The number of aliphatic hydroxyl groups is 1. The Kier molecular flexibility index (Phi) is 6.47. The van der Waals surface area contributed by atoms with E-state index < -0.39 is 0 Å². The molecule has 1 saturated heterocycles. The summed E-state index contributed by atoms with van der Waals surface area (Å²) in [7, 11) is 0. The highest BCUT2D eigenvalue weighted by molar-refractivity contribution is 8.00. The molecule has 0 bridgehead atoms. The van der Waals surface area contributed by atoms with Gasteiger partial charge in [0.25, 0.3) is 0 Å². The monoisotopic (exact) mass is 286 g/mol. The quantitative estimate of drug-likeness (QED) is 0.709. The molecule has 0 radical (unpaired) electrons. The van der Waals surface area contributed by atoms with Crippen LogP contribution in [0.1, 0.15) is 38.5 Å². The highest BCUT2D eigenvalue weighted by atomic mass is 32.2. The van der Waals surface area contributed by atoms with Crippen molar-refractivity contribution in [2.75, 3.05) is 25.4 Å². The second kappa shape index (κ2) is 8.12. The number of carbonyl (C=O) groups excluding carboxylic acids is 1. The molecule has 2 rings (SSSR count). The average molecular weight is 286 g/mol. The molecular formula is C14H26N2O2S. The molecule has 2 unspecified atom stereocenters. The zero-order chi connectivity index (χ0) is 13.5. The van der Waals surface area contributed by atoms with Crippen molar-refractivity contribution < 1.29 is 9.90 Å². The topological polar surface area (TPSA) is 61.4 Å². The molecule has 1 aliphatic carbocycles. The van der Waals surface area contributed by atoms with Gasteiger partial charge in [0.2, 0.25) is 5.91 Å². The van der Waals surface area contributed by atoms with Crippen molar-refractivity contribution in [3.05, 3.63) is 0 Å². The van der Waals surface area contributed by atoms with E-state index in [2.05, 4.69) is 10.6 Å². The smallest absolute Gasteiger partial charge is 0.230 e. The van der Waals surface area contributed by atoms with Crippen LogP contribution in [-0.4, -0.2) is 47.8 Å². The van der Waals surface area contributed by atoms with Crippen LogP contribution in [0.25, 0.3) is 0 Å². The maximum absolute atomic E-state index is 12.0. The summed E-state index contributed by atoms with van der Waals surface area (Å²) in [6.45, 7) is 2.36. The van der Waals surface area contributed by atoms with Crippen LogP contribution in [0.2, 0.25) is 0 Å². The fraction of sp³-hybridized carbons (Fsp3) is 0.929. The van der Waals surface area contributed by atoms with Crippen LogP contribution < -0.4 is 10.6 Å². The number of rotatable bonds is 5. The molecular weight excluding hydrogens is 260 g/mol. The molecule has 4 nitrogen and oxygen atoms in total. The molecule has 19 heavy (non-hydrogen) atoms. The summed E-state index contributed by atoms with van der Waals surface area (Å²) < 4.78 is 0. The van der Waals surface area contributed by atoms with Gasteiger partial charge in [0, 0.05) is 23.8 Å². The van der Waals surface area contributed by atoms with Gasteiger partial charge in [-0.1, -0.05) is 12.8 Å². The molecule has 2 fully saturated rings. The summed E-state index contributed by atoms with van der Waals surface area (Å²) in [6, 6.07) is 0.194. The predicted molar refractivity (Wildman–Crippen MR) is 79.3 cm³/mol. The van der Waals surface area contributed by atoms with Gasteiger partial charge >= 0.3 is 0 Å². The number of thioether (sulfide) groups is 1. The van der Waals surface area contributed by atoms with Gasteiger partial charge in [0.05, 0.1) is 5.75 Å². The van der Waals surface area contributed by atoms with E-state index in [9.17, 15) is 9.90 Å². The van der Waals surface area contributed by atoms with E-state index in [0.717, 1.165) is 25.9 Å². The van der Waals surface area contributed by atoms with Crippen molar-refractivity contribution in [1.29, 1.82) is 0 Å². The Labute approximate surface area is 120 Å². The molecule has 1 saturated carbocycles. The van der Waals surface area contributed by atoms with E-state index >= 15 is 0 Å². The van der Waals surface area contributed by atoms with Crippen LogP contribution in [0.3, 0.4) is 0 Å². The number of aliphatic hydroxyl groups excluding tert-OH is 1.